The first-order valence-electron chi connectivity index (χ1n) is 7.81. The topological polar surface area (TPSA) is 98.5 Å². The average Bonchev–Trinajstić information content (AvgIpc) is 2.55. The van der Waals surface area contributed by atoms with Crippen molar-refractivity contribution in [1.82, 2.24) is 5.32 Å². The summed E-state index contributed by atoms with van der Waals surface area (Å²) in [5.41, 5.74) is 6.10. The van der Waals surface area contributed by atoms with Crippen LogP contribution >= 0.6 is 0 Å². The lowest BCUT2D eigenvalue weighted by atomic mass is 10.0. The van der Waals surface area contributed by atoms with Crippen LogP contribution in [-0.2, 0) is 20.9 Å². The molecule has 0 aliphatic carbocycles. The minimum Gasteiger partial charge on any atom is -0.445 e. The lowest BCUT2D eigenvalue weighted by Gasteiger charge is -2.15. The molecule has 23 heavy (non-hydrogen) atoms. The van der Waals surface area contributed by atoms with Crippen molar-refractivity contribution in [2.75, 3.05) is 0 Å². The van der Waals surface area contributed by atoms with Crippen molar-refractivity contribution in [3.8, 4) is 0 Å². The van der Waals surface area contributed by atoms with Gasteiger partial charge in [-0.25, -0.2) is 4.79 Å². The fourth-order valence-corrected chi connectivity index (χ4v) is 2.00. The quantitative estimate of drug-likeness (QED) is 0.691. The van der Waals surface area contributed by atoms with Gasteiger partial charge in [-0.1, -0.05) is 43.7 Å². The number of ketones is 1. The van der Waals surface area contributed by atoms with E-state index in [0.29, 0.717) is 6.42 Å². The molecule has 3 N–H and O–H groups in total. The maximum atomic E-state index is 11.7. The second-order valence-corrected chi connectivity index (χ2v) is 5.34. The van der Waals surface area contributed by atoms with Gasteiger partial charge < -0.3 is 15.8 Å². The summed E-state index contributed by atoms with van der Waals surface area (Å²) in [6, 6.07) is 8.29. The molecule has 2 amide bonds. The highest BCUT2D eigenvalue weighted by Gasteiger charge is 2.19. The molecule has 0 aliphatic heterocycles. The smallest absolute Gasteiger partial charge is 0.408 e. The number of hydrogen-bond donors (Lipinski definition) is 2. The van der Waals surface area contributed by atoms with Crippen molar-refractivity contribution in [2.24, 2.45) is 5.73 Å². The number of rotatable bonds is 10. The van der Waals surface area contributed by atoms with Gasteiger partial charge in [-0.3, -0.25) is 9.59 Å². The molecule has 0 aromatic heterocycles. The van der Waals surface area contributed by atoms with Crippen LogP contribution in [0.5, 0.6) is 0 Å². The molecule has 6 nitrogen and oxygen atoms in total. The Morgan fingerprint density at radius 3 is 2.48 bits per heavy atom. The average molecular weight is 320 g/mol. The lowest BCUT2D eigenvalue weighted by molar-refractivity contribution is -0.121. The molecule has 1 atom stereocenters. The molecule has 1 aromatic rings. The molecule has 0 heterocycles. The largest absolute Gasteiger partial charge is 0.445 e. The molecule has 0 fully saturated rings. The van der Waals surface area contributed by atoms with Crippen LogP contribution in [0, 0.1) is 0 Å². The third kappa shape index (κ3) is 7.99. The molecule has 0 bridgehead atoms. The molecule has 1 rings (SSSR count). The van der Waals surface area contributed by atoms with E-state index in [9.17, 15) is 14.4 Å². The summed E-state index contributed by atoms with van der Waals surface area (Å²) in [6.07, 6.45) is 1.94. The van der Waals surface area contributed by atoms with E-state index >= 15 is 0 Å². The molecule has 0 radical (unpaired) electrons. The summed E-state index contributed by atoms with van der Waals surface area (Å²) in [7, 11) is 0. The number of amides is 2. The third-order valence-corrected chi connectivity index (χ3v) is 3.37. The predicted molar refractivity (Wildman–Crippen MR) is 86.5 cm³/mol. The van der Waals surface area contributed by atoms with Gasteiger partial charge in [-0.15, -0.1) is 0 Å². The monoisotopic (exact) mass is 320 g/mol. The Bertz CT molecular complexity index is 517. The second-order valence-electron chi connectivity index (χ2n) is 5.34. The number of ether oxygens (including phenoxy) is 1. The van der Waals surface area contributed by atoms with Crippen LogP contribution in [0.2, 0.25) is 0 Å². The van der Waals surface area contributed by atoms with Crippen molar-refractivity contribution < 1.29 is 19.1 Å². The van der Waals surface area contributed by atoms with Gasteiger partial charge in [0.2, 0.25) is 5.91 Å². The molecule has 126 valence electrons. The summed E-state index contributed by atoms with van der Waals surface area (Å²) >= 11 is 0. The third-order valence-electron chi connectivity index (χ3n) is 3.37. The zero-order valence-electron chi connectivity index (χ0n) is 13.4. The lowest BCUT2D eigenvalue weighted by Crippen LogP contribution is -2.44. The number of alkyl carbamates (subject to hydrolysis) is 1. The number of unbranched alkanes of at least 4 members (excludes halogenated alkanes) is 1. The Balaban J connectivity index is 2.38. The number of benzene rings is 1. The van der Waals surface area contributed by atoms with Crippen molar-refractivity contribution in [1.29, 1.82) is 0 Å². The number of primary amides is 1. The normalized spacial score (nSPS) is 11.5. The summed E-state index contributed by atoms with van der Waals surface area (Å²) in [5, 5.41) is 2.41. The van der Waals surface area contributed by atoms with Crippen molar-refractivity contribution in [3.05, 3.63) is 35.9 Å². The summed E-state index contributed by atoms with van der Waals surface area (Å²) in [5.74, 6) is -0.609. The van der Waals surface area contributed by atoms with Crippen molar-refractivity contribution >= 4 is 17.8 Å². The molecule has 1 aromatic carbocycles. The minimum absolute atomic E-state index is 0.0672. The van der Waals surface area contributed by atoms with E-state index < -0.39 is 18.0 Å². The highest BCUT2D eigenvalue weighted by molar-refractivity contribution is 5.85. The Hall–Kier alpha value is -2.37. The van der Waals surface area contributed by atoms with Crippen LogP contribution < -0.4 is 11.1 Å². The SMILES string of the molecule is CCCCC(=O)CC[C@H](NC(=O)OCc1ccccc1)C(N)=O. The highest BCUT2D eigenvalue weighted by atomic mass is 16.5. The maximum absolute atomic E-state index is 11.7. The van der Waals surface area contributed by atoms with Crippen LogP contribution in [0.15, 0.2) is 30.3 Å². The zero-order valence-corrected chi connectivity index (χ0v) is 13.4. The van der Waals surface area contributed by atoms with Gasteiger partial charge in [0.1, 0.15) is 18.4 Å². The number of Topliss-reactive ketones (excluding diaryl/α,β-unsaturated/α-hetero) is 1. The highest BCUT2D eigenvalue weighted by Crippen LogP contribution is 2.05. The number of nitrogens with one attached hydrogen (secondary N) is 1. The van der Waals surface area contributed by atoms with Gasteiger partial charge in [-0.05, 0) is 18.4 Å². The van der Waals surface area contributed by atoms with Gasteiger partial charge >= 0.3 is 6.09 Å². The Kier molecular flexibility index (Phi) is 8.42. The first kappa shape index (κ1) is 18.7. The Morgan fingerprint density at radius 2 is 1.87 bits per heavy atom. The minimum atomic E-state index is -0.899. The van der Waals surface area contributed by atoms with Crippen LogP contribution in [0.4, 0.5) is 4.79 Å². The number of nitrogens with two attached hydrogens (primary N) is 1. The van der Waals surface area contributed by atoms with E-state index in [-0.39, 0.29) is 25.2 Å². The van der Waals surface area contributed by atoms with E-state index in [0.717, 1.165) is 18.4 Å². The van der Waals surface area contributed by atoms with E-state index in [1.165, 1.54) is 0 Å². The van der Waals surface area contributed by atoms with Gasteiger partial charge in [-0.2, -0.15) is 0 Å². The standard InChI is InChI=1S/C17H24N2O4/c1-2-3-9-14(20)10-11-15(16(18)21)19-17(22)23-12-13-7-5-4-6-8-13/h4-8,15H,2-3,9-12H2,1H3,(H2,18,21)(H,19,22)/t15-/m0/s1. The summed E-state index contributed by atoms with van der Waals surface area (Å²) < 4.78 is 5.04. The maximum Gasteiger partial charge on any atom is 0.408 e. The van der Waals surface area contributed by atoms with Gasteiger partial charge in [0.15, 0.2) is 0 Å². The molecular formula is C17H24N2O4. The Morgan fingerprint density at radius 1 is 1.17 bits per heavy atom. The van der Waals surface area contributed by atoms with E-state index in [1.807, 2.05) is 37.3 Å². The second kappa shape index (κ2) is 10.4. The predicted octanol–water partition coefficient (Wildman–Crippen LogP) is 2.31. The molecule has 0 saturated heterocycles. The van der Waals surface area contributed by atoms with Gasteiger partial charge in [0, 0.05) is 12.8 Å². The fourth-order valence-electron chi connectivity index (χ4n) is 2.00. The molecular weight excluding hydrogens is 296 g/mol. The summed E-state index contributed by atoms with van der Waals surface area (Å²) in [4.78, 5) is 34.7. The van der Waals surface area contributed by atoms with E-state index in [2.05, 4.69) is 5.32 Å². The molecule has 0 saturated carbocycles. The molecule has 0 spiro atoms. The number of hydrogen-bond acceptors (Lipinski definition) is 4. The summed E-state index contributed by atoms with van der Waals surface area (Å²) in [6.45, 7) is 2.11. The Labute approximate surface area is 136 Å². The zero-order chi connectivity index (χ0) is 17.1. The first-order valence-corrected chi connectivity index (χ1v) is 7.81. The fraction of sp³-hybridized carbons (Fsp3) is 0.471. The van der Waals surface area contributed by atoms with Crippen LogP contribution in [0.3, 0.4) is 0 Å². The first-order chi connectivity index (χ1) is 11.0. The van der Waals surface area contributed by atoms with Crippen LogP contribution in [0.1, 0.15) is 44.6 Å². The van der Waals surface area contributed by atoms with Crippen molar-refractivity contribution in [2.45, 2.75) is 51.7 Å². The van der Waals surface area contributed by atoms with Crippen molar-refractivity contribution in [3.63, 3.8) is 0 Å². The van der Waals surface area contributed by atoms with E-state index in [4.69, 9.17) is 10.5 Å². The molecule has 0 aliphatic rings. The number of carbonyl (C=O) groups is 3. The number of carbonyl (C=O) groups excluding carboxylic acids is 3. The molecule has 0 unspecified atom stereocenters. The van der Waals surface area contributed by atoms with Gasteiger partial charge in [0.05, 0.1) is 0 Å². The molecule has 6 heteroatoms. The van der Waals surface area contributed by atoms with Gasteiger partial charge in [0.25, 0.3) is 0 Å². The van der Waals surface area contributed by atoms with E-state index in [1.54, 1.807) is 0 Å². The van der Waals surface area contributed by atoms with Crippen LogP contribution in [0.25, 0.3) is 0 Å². The van der Waals surface area contributed by atoms with Crippen LogP contribution in [-0.4, -0.2) is 23.8 Å².